The second-order valence-electron chi connectivity index (χ2n) is 6.79. The van der Waals surface area contributed by atoms with Gasteiger partial charge in [0.2, 0.25) is 0 Å². The Bertz CT molecular complexity index is 851. The van der Waals surface area contributed by atoms with E-state index in [1.54, 1.807) is 7.11 Å². The molecule has 0 radical (unpaired) electrons. The van der Waals surface area contributed by atoms with Crippen molar-refractivity contribution in [1.29, 1.82) is 0 Å². The van der Waals surface area contributed by atoms with Crippen molar-refractivity contribution in [1.82, 2.24) is 14.3 Å². The molecule has 0 bridgehead atoms. The highest BCUT2D eigenvalue weighted by molar-refractivity contribution is 5.64. The minimum Gasteiger partial charge on any atom is -0.497 e. The molecule has 0 spiro atoms. The Labute approximate surface area is 154 Å². The van der Waals surface area contributed by atoms with Gasteiger partial charge in [-0.05, 0) is 54.8 Å². The highest BCUT2D eigenvalue weighted by atomic mass is 16.5. The average Bonchev–Trinajstić information content (AvgIpc) is 3.12. The molecule has 0 amide bonds. The first-order chi connectivity index (χ1) is 12.8. The molecule has 3 aromatic rings. The third kappa shape index (κ3) is 3.74. The fourth-order valence-corrected chi connectivity index (χ4v) is 3.47. The predicted molar refractivity (Wildman–Crippen MR) is 102 cm³/mol. The maximum absolute atomic E-state index is 5.90. The van der Waals surface area contributed by atoms with Crippen LogP contribution in [0.4, 0.5) is 0 Å². The zero-order valence-electron chi connectivity index (χ0n) is 15.2. The van der Waals surface area contributed by atoms with E-state index in [-0.39, 0.29) is 0 Å². The van der Waals surface area contributed by atoms with Gasteiger partial charge >= 0.3 is 0 Å². The molecule has 0 aliphatic carbocycles. The molecule has 4 rings (SSSR count). The normalized spacial score (nSPS) is 15.4. The zero-order chi connectivity index (χ0) is 17.8. The van der Waals surface area contributed by atoms with Gasteiger partial charge < -0.3 is 9.47 Å². The summed E-state index contributed by atoms with van der Waals surface area (Å²) in [7, 11) is 1.68. The van der Waals surface area contributed by atoms with Crippen LogP contribution in [0, 0.1) is 0 Å². The van der Waals surface area contributed by atoms with E-state index in [0.717, 1.165) is 48.0 Å². The maximum atomic E-state index is 5.90. The summed E-state index contributed by atoms with van der Waals surface area (Å²) in [6, 6.07) is 12.3. The molecule has 26 heavy (non-hydrogen) atoms. The first-order valence-electron chi connectivity index (χ1n) is 9.24. The second-order valence-corrected chi connectivity index (χ2v) is 6.79. The lowest BCUT2D eigenvalue weighted by Gasteiger charge is -2.25. The lowest BCUT2D eigenvalue weighted by molar-refractivity contribution is 0.00975. The van der Waals surface area contributed by atoms with Gasteiger partial charge in [0.1, 0.15) is 11.4 Å². The van der Waals surface area contributed by atoms with Crippen molar-refractivity contribution in [3.8, 4) is 17.0 Å². The number of hydrogen-bond donors (Lipinski definition) is 0. The highest BCUT2D eigenvalue weighted by Crippen LogP contribution is 2.24. The summed E-state index contributed by atoms with van der Waals surface area (Å²) >= 11 is 0. The average molecular weight is 351 g/mol. The topological polar surface area (TPSA) is 39.0 Å². The number of rotatable bonds is 6. The number of ether oxygens (including phenoxy) is 2. The molecule has 1 aliphatic rings. The Kier molecular flexibility index (Phi) is 5.18. The molecular weight excluding hydrogens is 326 g/mol. The van der Waals surface area contributed by atoms with Crippen LogP contribution in [0.3, 0.4) is 0 Å². The third-order valence-corrected chi connectivity index (χ3v) is 4.95. The van der Waals surface area contributed by atoms with Crippen molar-refractivity contribution in [2.24, 2.45) is 0 Å². The van der Waals surface area contributed by atoms with Crippen molar-refractivity contribution in [2.75, 3.05) is 26.9 Å². The molecule has 0 N–H and O–H groups in total. The second kappa shape index (κ2) is 7.89. The molecular formula is C21H25N3O2. The minimum absolute atomic E-state index is 0.623. The van der Waals surface area contributed by atoms with E-state index in [1.807, 2.05) is 18.3 Å². The number of hydrogen-bond acceptors (Lipinski definition) is 4. The van der Waals surface area contributed by atoms with Crippen LogP contribution >= 0.6 is 0 Å². The zero-order valence-corrected chi connectivity index (χ0v) is 15.2. The van der Waals surface area contributed by atoms with E-state index in [0.29, 0.717) is 6.61 Å². The van der Waals surface area contributed by atoms with Gasteiger partial charge in [-0.1, -0.05) is 6.42 Å². The van der Waals surface area contributed by atoms with E-state index < -0.39 is 0 Å². The number of aromatic nitrogens is 2. The molecule has 0 atom stereocenters. The number of methoxy groups -OCH3 is 1. The van der Waals surface area contributed by atoms with Crippen molar-refractivity contribution >= 4 is 5.65 Å². The molecule has 136 valence electrons. The highest BCUT2D eigenvalue weighted by Gasteiger charge is 2.10. The summed E-state index contributed by atoms with van der Waals surface area (Å²) in [5, 5.41) is 0. The molecule has 1 aromatic carbocycles. The summed E-state index contributed by atoms with van der Waals surface area (Å²) in [6.45, 7) is 3.66. The van der Waals surface area contributed by atoms with Gasteiger partial charge in [-0.25, -0.2) is 4.98 Å². The van der Waals surface area contributed by atoms with Crippen molar-refractivity contribution < 1.29 is 9.47 Å². The molecule has 0 saturated carbocycles. The van der Waals surface area contributed by atoms with Gasteiger partial charge in [0.25, 0.3) is 0 Å². The Balaban J connectivity index is 1.44. The summed E-state index contributed by atoms with van der Waals surface area (Å²) < 4.78 is 13.2. The molecule has 2 aromatic heterocycles. The van der Waals surface area contributed by atoms with Gasteiger partial charge in [0.15, 0.2) is 0 Å². The van der Waals surface area contributed by atoms with Gasteiger partial charge in [-0.3, -0.25) is 9.30 Å². The van der Waals surface area contributed by atoms with Crippen LogP contribution < -0.4 is 4.74 Å². The third-order valence-electron chi connectivity index (χ3n) is 4.95. The Morgan fingerprint density at radius 2 is 1.85 bits per heavy atom. The van der Waals surface area contributed by atoms with Crippen molar-refractivity contribution in [2.45, 2.75) is 25.9 Å². The lowest BCUT2D eigenvalue weighted by atomic mass is 10.1. The first-order valence-corrected chi connectivity index (χ1v) is 9.24. The van der Waals surface area contributed by atoms with E-state index in [9.17, 15) is 0 Å². The molecule has 5 heteroatoms. The molecule has 1 fully saturated rings. The monoisotopic (exact) mass is 351 g/mol. The predicted octanol–water partition coefficient (Wildman–Crippen LogP) is 3.97. The number of fused-ring (bicyclic) bond motifs is 1. The van der Waals surface area contributed by atoms with Crippen LogP contribution in [0.1, 0.15) is 24.8 Å². The summed E-state index contributed by atoms with van der Waals surface area (Å²) in [5.41, 5.74) is 4.28. The molecule has 5 nitrogen and oxygen atoms in total. The quantitative estimate of drug-likeness (QED) is 0.674. The van der Waals surface area contributed by atoms with E-state index in [1.165, 1.54) is 19.3 Å². The van der Waals surface area contributed by atoms with Gasteiger partial charge in [-0.2, -0.15) is 0 Å². The fourth-order valence-electron chi connectivity index (χ4n) is 3.47. The summed E-state index contributed by atoms with van der Waals surface area (Å²) in [6.07, 6.45) is 7.91. The van der Waals surface area contributed by atoms with E-state index in [2.05, 4.69) is 44.7 Å². The van der Waals surface area contributed by atoms with Crippen LogP contribution in [0.2, 0.25) is 0 Å². The van der Waals surface area contributed by atoms with Gasteiger partial charge in [0.05, 0.1) is 32.3 Å². The number of pyridine rings is 1. The molecule has 1 saturated heterocycles. The molecule has 1 aliphatic heterocycles. The summed E-state index contributed by atoms with van der Waals surface area (Å²) in [5.74, 6) is 0.857. The maximum Gasteiger partial charge on any atom is 0.137 e. The molecule has 3 heterocycles. The smallest absolute Gasteiger partial charge is 0.137 e. The van der Waals surface area contributed by atoms with E-state index in [4.69, 9.17) is 9.47 Å². The summed E-state index contributed by atoms with van der Waals surface area (Å²) in [4.78, 5) is 6.95. The van der Waals surface area contributed by atoms with Crippen LogP contribution in [-0.2, 0) is 11.3 Å². The minimum atomic E-state index is 0.623. The number of piperidine rings is 1. The first kappa shape index (κ1) is 17.1. The lowest BCUT2D eigenvalue weighted by Crippen LogP contribution is -2.31. The Morgan fingerprint density at radius 3 is 2.62 bits per heavy atom. The van der Waals surface area contributed by atoms with Crippen LogP contribution in [0.15, 0.2) is 48.8 Å². The van der Waals surface area contributed by atoms with Crippen LogP contribution in [-0.4, -0.2) is 41.2 Å². The number of imidazole rings is 1. The Hall–Kier alpha value is -2.37. The van der Waals surface area contributed by atoms with Crippen LogP contribution in [0.25, 0.3) is 16.9 Å². The standard InChI is InChI=1S/C21H25N3O2/c1-25-19-7-5-18(6-8-19)20-14-22-21-13-17(9-12-24(20)21)15-26-16-23-10-3-2-4-11-23/h5-9,12-14H,2-4,10-11,15-16H2,1H3. The number of nitrogens with zero attached hydrogens (tertiary/aromatic N) is 3. The van der Waals surface area contributed by atoms with Gasteiger partial charge in [0, 0.05) is 24.8 Å². The molecule has 0 unspecified atom stereocenters. The number of benzene rings is 1. The SMILES string of the molecule is COc1ccc(-c2cnc3cc(COCN4CCCCC4)ccn23)cc1. The van der Waals surface area contributed by atoms with Crippen LogP contribution in [0.5, 0.6) is 5.75 Å². The van der Waals surface area contributed by atoms with E-state index >= 15 is 0 Å². The fraction of sp³-hybridized carbons (Fsp3) is 0.381. The van der Waals surface area contributed by atoms with Gasteiger partial charge in [-0.15, -0.1) is 0 Å². The van der Waals surface area contributed by atoms with Crippen molar-refractivity contribution in [3.63, 3.8) is 0 Å². The largest absolute Gasteiger partial charge is 0.497 e. The Morgan fingerprint density at radius 1 is 1.04 bits per heavy atom. The number of likely N-dealkylation sites (tertiary alicyclic amines) is 1. The van der Waals surface area contributed by atoms with Crippen molar-refractivity contribution in [3.05, 3.63) is 54.4 Å².